The van der Waals surface area contributed by atoms with Crippen LogP contribution < -0.4 is 0 Å². The molecular formula is C35H50O7. The van der Waals surface area contributed by atoms with Gasteiger partial charge in [0.05, 0.1) is 13.2 Å². The quantitative estimate of drug-likeness (QED) is 0.156. The Hall–Kier alpha value is -2.15. The molecular weight excluding hydrogens is 532 g/mol. The topological polar surface area (TPSA) is 88.1 Å². The smallest absolute Gasteiger partial charge is 0.336 e. The van der Waals surface area contributed by atoms with Crippen LogP contribution in [0.2, 0.25) is 0 Å². The Labute approximate surface area is 251 Å². The van der Waals surface area contributed by atoms with Gasteiger partial charge in [-0.2, -0.15) is 0 Å². The molecule has 9 unspecified atom stereocenters. The molecule has 0 bridgehead atoms. The van der Waals surface area contributed by atoms with Crippen molar-refractivity contribution in [1.82, 2.24) is 0 Å². The Morgan fingerprint density at radius 3 is 2.33 bits per heavy atom. The third kappa shape index (κ3) is 3.76. The summed E-state index contributed by atoms with van der Waals surface area (Å²) >= 11 is 0. The summed E-state index contributed by atoms with van der Waals surface area (Å²) < 4.78 is 24.0. The van der Waals surface area contributed by atoms with Crippen LogP contribution in [0.3, 0.4) is 0 Å². The van der Waals surface area contributed by atoms with E-state index < -0.39 is 17.7 Å². The first kappa shape index (κ1) is 29.9. The van der Waals surface area contributed by atoms with Crippen molar-refractivity contribution in [3.8, 4) is 0 Å². The number of esters is 3. The predicted molar refractivity (Wildman–Crippen MR) is 157 cm³/mol. The van der Waals surface area contributed by atoms with Crippen LogP contribution in [-0.4, -0.2) is 43.0 Å². The molecule has 4 aliphatic carbocycles. The standard InChI is InChI=1S/C35H50O7/c1-19-18-35(21(3)20(2)30(38)42-35)41-27-16-24-23(33(7)15-12-22(19)34(27,33)8)10-11-25-31(4,5)26(13-14-32(24,25)6)40-29(37)17-28(36)39-9/h19,22,25-27H,10-18H2,1-9H3. The van der Waals surface area contributed by atoms with E-state index in [9.17, 15) is 14.4 Å². The van der Waals surface area contributed by atoms with Crippen LogP contribution in [0.1, 0.15) is 113 Å². The minimum absolute atomic E-state index is 0.0208. The summed E-state index contributed by atoms with van der Waals surface area (Å²) in [5.41, 5.74) is 4.49. The van der Waals surface area contributed by atoms with Gasteiger partial charge in [0.25, 0.3) is 0 Å². The lowest BCUT2D eigenvalue weighted by molar-refractivity contribution is -0.243. The zero-order valence-corrected chi connectivity index (χ0v) is 27.1. The second-order valence-corrected chi connectivity index (χ2v) is 15.7. The van der Waals surface area contributed by atoms with Gasteiger partial charge >= 0.3 is 17.9 Å². The maximum absolute atomic E-state index is 12.8. The number of carbonyl (C=O) groups is 3. The van der Waals surface area contributed by atoms with Crippen LogP contribution in [0.25, 0.3) is 0 Å². The third-order valence-electron chi connectivity index (χ3n) is 13.9. The van der Waals surface area contributed by atoms with Crippen LogP contribution in [-0.2, 0) is 33.3 Å². The van der Waals surface area contributed by atoms with Gasteiger partial charge in [0.2, 0.25) is 5.79 Å². The molecule has 42 heavy (non-hydrogen) atoms. The maximum Gasteiger partial charge on any atom is 0.336 e. The van der Waals surface area contributed by atoms with Gasteiger partial charge in [-0.05, 0) is 87.4 Å². The normalized spacial score (nSPS) is 45.5. The summed E-state index contributed by atoms with van der Waals surface area (Å²) in [6.07, 6.45) is 7.04. The Bertz CT molecular complexity index is 1290. The molecule has 1 spiro atoms. The van der Waals surface area contributed by atoms with Crippen LogP contribution >= 0.6 is 0 Å². The highest BCUT2D eigenvalue weighted by Crippen LogP contribution is 2.74. The molecule has 2 saturated carbocycles. The molecule has 0 radical (unpaired) electrons. The van der Waals surface area contributed by atoms with Crippen molar-refractivity contribution in [2.45, 2.75) is 131 Å². The summed E-state index contributed by atoms with van der Waals surface area (Å²) in [5, 5.41) is 0. The monoisotopic (exact) mass is 582 g/mol. The molecule has 232 valence electrons. The van der Waals surface area contributed by atoms with E-state index in [-0.39, 0.29) is 46.3 Å². The highest BCUT2D eigenvalue weighted by atomic mass is 16.7. The van der Waals surface area contributed by atoms with E-state index in [1.54, 1.807) is 11.1 Å². The van der Waals surface area contributed by atoms with Gasteiger partial charge in [-0.15, -0.1) is 0 Å². The van der Waals surface area contributed by atoms with Gasteiger partial charge in [-0.25, -0.2) is 4.79 Å². The van der Waals surface area contributed by atoms with E-state index in [2.05, 4.69) is 46.3 Å². The summed E-state index contributed by atoms with van der Waals surface area (Å²) in [6, 6.07) is 0. The van der Waals surface area contributed by atoms with Crippen molar-refractivity contribution < 1.29 is 33.3 Å². The predicted octanol–water partition coefficient (Wildman–Crippen LogP) is 6.84. The summed E-state index contributed by atoms with van der Waals surface area (Å²) in [5.74, 6) is -1.10. The molecule has 6 aliphatic rings. The van der Waals surface area contributed by atoms with Gasteiger partial charge in [0, 0.05) is 28.4 Å². The van der Waals surface area contributed by atoms with Crippen LogP contribution in [0.5, 0.6) is 0 Å². The van der Waals surface area contributed by atoms with Gasteiger partial charge in [0.1, 0.15) is 12.5 Å². The zero-order chi connectivity index (χ0) is 30.6. The fourth-order valence-corrected chi connectivity index (χ4v) is 11.2. The van der Waals surface area contributed by atoms with Crippen molar-refractivity contribution in [1.29, 1.82) is 0 Å². The fraction of sp³-hybridized carbons (Fsp3) is 0.800. The van der Waals surface area contributed by atoms with Crippen LogP contribution in [0.15, 0.2) is 22.3 Å². The summed E-state index contributed by atoms with van der Waals surface area (Å²) in [7, 11) is 1.29. The number of allylic oxidation sites excluding steroid dienone is 1. The average molecular weight is 583 g/mol. The number of ether oxygens (including phenoxy) is 4. The minimum atomic E-state index is -0.975. The third-order valence-corrected chi connectivity index (χ3v) is 13.9. The van der Waals surface area contributed by atoms with E-state index in [0.717, 1.165) is 44.1 Å². The first-order chi connectivity index (χ1) is 19.5. The molecule has 2 aliphatic heterocycles. The van der Waals surface area contributed by atoms with Crippen LogP contribution in [0, 0.1) is 39.4 Å². The largest absolute Gasteiger partial charge is 0.469 e. The van der Waals surface area contributed by atoms with Crippen molar-refractivity contribution in [3.63, 3.8) is 0 Å². The van der Waals surface area contributed by atoms with E-state index in [0.29, 0.717) is 29.7 Å². The Balaban J connectivity index is 1.38. The Morgan fingerprint density at radius 2 is 1.69 bits per heavy atom. The number of fused-ring (bicyclic) bond motifs is 3. The number of hydrogen-bond acceptors (Lipinski definition) is 7. The molecule has 9 atom stereocenters. The molecule has 2 heterocycles. The molecule has 0 aromatic carbocycles. The summed E-state index contributed by atoms with van der Waals surface area (Å²) in [6.45, 7) is 18.1. The van der Waals surface area contributed by atoms with Gasteiger partial charge < -0.3 is 18.9 Å². The average Bonchev–Trinajstić information content (AvgIpc) is 3.28. The first-order valence-electron chi connectivity index (χ1n) is 16.1. The lowest BCUT2D eigenvalue weighted by atomic mass is 9.42. The Kier molecular flexibility index (Phi) is 6.71. The highest BCUT2D eigenvalue weighted by Gasteiger charge is 2.70. The number of hydrogen-bond donors (Lipinski definition) is 0. The molecule has 0 aromatic heterocycles. The summed E-state index contributed by atoms with van der Waals surface area (Å²) in [4.78, 5) is 37.2. The van der Waals surface area contributed by atoms with Crippen molar-refractivity contribution >= 4 is 17.9 Å². The second kappa shape index (κ2) is 9.42. The van der Waals surface area contributed by atoms with Crippen molar-refractivity contribution in [2.24, 2.45) is 39.4 Å². The lowest BCUT2D eigenvalue weighted by Crippen LogP contribution is -2.59. The van der Waals surface area contributed by atoms with Gasteiger partial charge in [-0.3, -0.25) is 9.59 Å². The van der Waals surface area contributed by atoms with Gasteiger partial charge in [0.15, 0.2) is 0 Å². The molecule has 1 saturated heterocycles. The maximum atomic E-state index is 12.8. The molecule has 7 nitrogen and oxygen atoms in total. The molecule has 0 amide bonds. The first-order valence-corrected chi connectivity index (χ1v) is 16.1. The van der Waals surface area contributed by atoms with E-state index in [1.165, 1.54) is 13.5 Å². The molecule has 3 fully saturated rings. The molecule has 0 N–H and O–H groups in total. The minimum Gasteiger partial charge on any atom is -0.469 e. The number of methoxy groups -OCH3 is 1. The lowest BCUT2D eigenvalue weighted by Gasteiger charge is -2.63. The molecule has 0 aromatic rings. The molecule has 7 heteroatoms. The second-order valence-electron chi connectivity index (χ2n) is 15.7. The Morgan fingerprint density at radius 1 is 0.976 bits per heavy atom. The number of rotatable bonds is 3. The zero-order valence-electron chi connectivity index (χ0n) is 27.1. The SMILES string of the molecule is COC(=O)CC(=O)OC1CCC2(C)C3=C(CCC2C1(C)C)C1(C)CCC2C(C)CC4(OC(=O)C(C)=C4C)OC(C3)C21C. The number of carbonyl (C=O) groups excluding carboxylic acids is 3. The van der Waals surface area contributed by atoms with Crippen molar-refractivity contribution in [2.75, 3.05) is 7.11 Å². The molecule has 6 rings (SSSR count). The van der Waals surface area contributed by atoms with Crippen LogP contribution in [0.4, 0.5) is 0 Å². The van der Waals surface area contributed by atoms with E-state index >= 15 is 0 Å². The fourth-order valence-electron chi connectivity index (χ4n) is 11.2. The van der Waals surface area contributed by atoms with Crippen molar-refractivity contribution in [3.05, 3.63) is 22.3 Å². The van der Waals surface area contributed by atoms with Gasteiger partial charge in [-0.1, -0.05) is 52.7 Å². The van der Waals surface area contributed by atoms with E-state index in [1.807, 2.05) is 13.8 Å². The van der Waals surface area contributed by atoms with E-state index in [4.69, 9.17) is 14.2 Å². The highest BCUT2D eigenvalue weighted by molar-refractivity contribution is 5.92.